The average Bonchev–Trinajstić information content (AvgIpc) is 2.43. The molecule has 0 saturated carbocycles. The molecule has 21 heavy (non-hydrogen) atoms. The van der Waals surface area contributed by atoms with E-state index in [2.05, 4.69) is 10.6 Å². The highest BCUT2D eigenvalue weighted by Gasteiger charge is 2.18. The van der Waals surface area contributed by atoms with Crippen LogP contribution in [0.3, 0.4) is 0 Å². The summed E-state index contributed by atoms with van der Waals surface area (Å²) < 4.78 is 0. The van der Waals surface area contributed by atoms with Crippen LogP contribution in [0, 0.1) is 5.92 Å². The molecule has 0 aromatic heterocycles. The second-order valence-corrected chi connectivity index (χ2v) is 5.15. The lowest BCUT2D eigenvalue weighted by atomic mass is 10.2. The van der Waals surface area contributed by atoms with Crippen molar-refractivity contribution in [3.8, 4) is 0 Å². The van der Waals surface area contributed by atoms with Gasteiger partial charge < -0.3 is 21.5 Å². The van der Waals surface area contributed by atoms with E-state index in [1.807, 2.05) is 0 Å². The fraction of sp³-hybridized carbons (Fsp3) is 0.286. The zero-order valence-corrected chi connectivity index (χ0v) is 12.6. The highest BCUT2D eigenvalue weighted by Crippen LogP contribution is 2.09. The third-order valence-corrected chi connectivity index (χ3v) is 2.87. The van der Waals surface area contributed by atoms with Crippen LogP contribution in [-0.2, 0) is 16.1 Å². The molecule has 0 atom stereocenters. The number of halogens is 1. The summed E-state index contributed by atoms with van der Waals surface area (Å²) in [5.41, 5.74) is 5.68. The number of hydrogen-bond acceptors (Lipinski definition) is 4. The zero-order valence-electron chi connectivity index (χ0n) is 11.8. The first-order valence-corrected chi connectivity index (χ1v) is 6.71. The molecule has 0 fully saturated rings. The van der Waals surface area contributed by atoms with Gasteiger partial charge in [-0.1, -0.05) is 37.6 Å². The van der Waals surface area contributed by atoms with Crippen LogP contribution in [0.15, 0.2) is 35.8 Å². The first-order chi connectivity index (χ1) is 9.81. The molecule has 6 nitrogen and oxygen atoms in total. The normalized spacial score (nSPS) is 11.8. The van der Waals surface area contributed by atoms with E-state index in [9.17, 15) is 14.7 Å². The van der Waals surface area contributed by atoms with Gasteiger partial charge in [0.25, 0.3) is 5.91 Å². The summed E-state index contributed by atoms with van der Waals surface area (Å²) in [7, 11) is 0. The lowest BCUT2D eigenvalue weighted by Gasteiger charge is -2.12. The third kappa shape index (κ3) is 5.35. The van der Waals surface area contributed by atoms with Gasteiger partial charge in [-0.15, -0.1) is 0 Å². The van der Waals surface area contributed by atoms with Crippen molar-refractivity contribution in [1.29, 1.82) is 0 Å². The second kappa shape index (κ2) is 7.54. The number of benzene rings is 1. The molecule has 1 rings (SSSR count). The fourth-order valence-corrected chi connectivity index (χ4v) is 1.50. The Kier molecular flexibility index (Phi) is 6.05. The van der Waals surface area contributed by atoms with E-state index in [-0.39, 0.29) is 18.2 Å². The average molecular weight is 312 g/mol. The monoisotopic (exact) mass is 311 g/mol. The standard InChI is InChI=1S/C14H18ClN3O3/c1-8(2)13(20)18-11(12(16)19)14(21)17-7-9-3-5-10(15)6-4-9/h3-6,8,19H,7,16H2,1-2H3,(H,17,21)(H,18,20)/b12-11-. The lowest BCUT2D eigenvalue weighted by Crippen LogP contribution is -2.38. The minimum absolute atomic E-state index is 0.213. The van der Waals surface area contributed by atoms with E-state index in [1.54, 1.807) is 38.1 Å². The molecule has 114 valence electrons. The second-order valence-electron chi connectivity index (χ2n) is 4.71. The number of carbonyl (C=O) groups excluding carboxylic acids is 2. The van der Waals surface area contributed by atoms with Crippen LogP contribution in [0.1, 0.15) is 19.4 Å². The molecule has 0 aliphatic carbocycles. The number of nitrogens with two attached hydrogens (primary N) is 1. The Balaban J connectivity index is 2.68. The first-order valence-electron chi connectivity index (χ1n) is 6.33. The summed E-state index contributed by atoms with van der Waals surface area (Å²) in [5.74, 6) is -2.16. The van der Waals surface area contributed by atoms with Gasteiger partial charge in [-0.2, -0.15) is 0 Å². The highest BCUT2D eigenvalue weighted by atomic mass is 35.5. The number of hydrogen-bond donors (Lipinski definition) is 4. The van der Waals surface area contributed by atoms with E-state index < -0.39 is 17.7 Å². The molecule has 2 amide bonds. The third-order valence-electron chi connectivity index (χ3n) is 2.62. The minimum Gasteiger partial charge on any atom is -0.493 e. The molecular formula is C14H18ClN3O3. The SMILES string of the molecule is CC(C)C(=O)N/C(C(=O)NCc1ccc(Cl)cc1)=C(/N)O. The van der Waals surface area contributed by atoms with Crippen molar-refractivity contribution in [3.63, 3.8) is 0 Å². The van der Waals surface area contributed by atoms with Gasteiger partial charge in [0.05, 0.1) is 0 Å². The number of aliphatic hydroxyl groups excluding tert-OH is 1. The maximum atomic E-state index is 11.9. The fourth-order valence-electron chi connectivity index (χ4n) is 1.38. The summed E-state index contributed by atoms with van der Waals surface area (Å²) in [4.78, 5) is 23.5. The van der Waals surface area contributed by atoms with Crippen molar-refractivity contribution < 1.29 is 14.7 Å². The molecule has 0 bridgehead atoms. The maximum absolute atomic E-state index is 11.9. The van der Waals surface area contributed by atoms with Crippen molar-refractivity contribution >= 4 is 23.4 Å². The number of nitrogens with one attached hydrogen (secondary N) is 2. The van der Waals surface area contributed by atoms with Crippen molar-refractivity contribution in [2.75, 3.05) is 0 Å². The van der Waals surface area contributed by atoms with Crippen LogP contribution in [0.2, 0.25) is 5.02 Å². The molecular weight excluding hydrogens is 294 g/mol. The van der Waals surface area contributed by atoms with E-state index in [4.69, 9.17) is 17.3 Å². The van der Waals surface area contributed by atoms with Crippen LogP contribution >= 0.6 is 11.6 Å². The number of carbonyl (C=O) groups is 2. The molecule has 0 saturated heterocycles. The summed E-state index contributed by atoms with van der Waals surface area (Å²) in [5, 5.41) is 14.7. The Morgan fingerprint density at radius 2 is 1.86 bits per heavy atom. The Labute approximate surface area is 128 Å². The quantitative estimate of drug-likeness (QED) is 0.487. The van der Waals surface area contributed by atoms with Gasteiger partial charge >= 0.3 is 0 Å². The highest BCUT2D eigenvalue weighted by molar-refractivity contribution is 6.30. The van der Waals surface area contributed by atoms with Crippen LogP contribution in [-0.4, -0.2) is 16.9 Å². The predicted molar refractivity (Wildman–Crippen MR) is 80.1 cm³/mol. The zero-order chi connectivity index (χ0) is 16.0. The Morgan fingerprint density at radius 3 is 2.33 bits per heavy atom. The van der Waals surface area contributed by atoms with E-state index in [0.717, 1.165) is 5.56 Å². The van der Waals surface area contributed by atoms with Gasteiger partial charge in [0.2, 0.25) is 11.8 Å². The van der Waals surface area contributed by atoms with Crippen molar-refractivity contribution in [2.45, 2.75) is 20.4 Å². The van der Waals surface area contributed by atoms with Gasteiger partial charge in [-0.3, -0.25) is 9.59 Å². The summed E-state index contributed by atoms with van der Waals surface area (Å²) >= 11 is 5.76. The van der Waals surface area contributed by atoms with Crippen LogP contribution in [0.4, 0.5) is 0 Å². The summed E-state index contributed by atoms with van der Waals surface area (Å²) in [6.07, 6.45) is 0. The summed E-state index contributed by atoms with van der Waals surface area (Å²) in [6.45, 7) is 3.53. The molecule has 0 spiro atoms. The van der Waals surface area contributed by atoms with Crippen LogP contribution < -0.4 is 16.4 Å². The number of rotatable bonds is 5. The summed E-state index contributed by atoms with van der Waals surface area (Å²) in [6, 6.07) is 6.89. The predicted octanol–water partition coefficient (Wildman–Crippen LogP) is 1.41. The molecule has 1 aromatic carbocycles. The lowest BCUT2D eigenvalue weighted by molar-refractivity contribution is -0.126. The first kappa shape index (κ1) is 16.8. The largest absolute Gasteiger partial charge is 0.493 e. The molecule has 0 radical (unpaired) electrons. The Morgan fingerprint density at radius 1 is 1.29 bits per heavy atom. The van der Waals surface area contributed by atoms with Gasteiger partial charge in [0.1, 0.15) is 0 Å². The van der Waals surface area contributed by atoms with Gasteiger partial charge in [-0.05, 0) is 17.7 Å². The Hall–Kier alpha value is -2.21. The van der Waals surface area contributed by atoms with Crippen molar-refractivity contribution in [1.82, 2.24) is 10.6 Å². The van der Waals surface area contributed by atoms with E-state index >= 15 is 0 Å². The Bertz CT molecular complexity index is 549. The van der Waals surface area contributed by atoms with E-state index in [0.29, 0.717) is 5.02 Å². The molecule has 7 heteroatoms. The topological polar surface area (TPSA) is 104 Å². The molecule has 5 N–H and O–H groups in total. The van der Waals surface area contributed by atoms with E-state index in [1.165, 1.54) is 0 Å². The molecule has 0 unspecified atom stereocenters. The van der Waals surface area contributed by atoms with Gasteiger partial charge in [-0.25, -0.2) is 0 Å². The van der Waals surface area contributed by atoms with Gasteiger partial charge in [0, 0.05) is 17.5 Å². The molecule has 1 aromatic rings. The number of amides is 2. The molecule has 0 aliphatic heterocycles. The smallest absolute Gasteiger partial charge is 0.273 e. The van der Waals surface area contributed by atoms with Crippen LogP contribution in [0.25, 0.3) is 0 Å². The van der Waals surface area contributed by atoms with Crippen molar-refractivity contribution in [3.05, 3.63) is 46.4 Å². The van der Waals surface area contributed by atoms with Gasteiger partial charge in [0.15, 0.2) is 5.70 Å². The molecule has 0 heterocycles. The number of aliphatic hydroxyl groups is 1. The maximum Gasteiger partial charge on any atom is 0.273 e. The minimum atomic E-state index is -0.738. The van der Waals surface area contributed by atoms with Crippen molar-refractivity contribution in [2.24, 2.45) is 11.7 Å². The molecule has 0 aliphatic rings. The van der Waals surface area contributed by atoms with Crippen LogP contribution in [0.5, 0.6) is 0 Å².